The molecule has 1 unspecified atom stereocenters. The van der Waals surface area contributed by atoms with Gasteiger partial charge in [0.05, 0.1) is 18.2 Å². The van der Waals surface area contributed by atoms with Crippen molar-refractivity contribution in [3.63, 3.8) is 0 Å². The van der Waals surface area contributed by atoms with Gasteiger partial charge in [-0.1, -0.05) is 17.3 Å². The molecule has 2 heterocycles. The molecular formula is C17H21NO5. The quantitative estimate of drug-likeness (QED) is 0.902. The van der Waals surface area contributed by atoms with Crippen LogP contribution in [0.3, 0.4) is 0 Å². The number of oxime groups is 1. The lowest BCUT2D eigenvalue weighted by Crippen LogP contribution is -2.40. The van der Waals surface area contributed by atoms with Crippen LogP contribution in [0.4, 0.5) is 0 Å². The summed E-state index contributed by atoms with van der Waals surface area (Å²) in [5.74, 6) is -0.000633. The second-order valence-electron chi connectivity index (χ2n) is 6.10. The summed E-state index contributed by atoms with van der Waals surface area (Å²) in [6.45, 7) is 0.977. The highest BCUT2D eigenvalue weighted by Gasteiger charge is 2.43. The first kappa shape index (κ1) is 15.8. The lowest BCUT2D eigenvalue weighted by molar-refractivity contribution is -0.158. The van der Waals surface area contributed by atoms with Crippen molar-refractivity contribution in [2.75, 3.05) is 20.3 Å². The summed E-state index contributed by atoms with van der Waals surface area (Å²) in [6.07, 6.45) is 1.92. The van der Waals surface area contributed by atoms with Gasteiger partial charge in [0.1, 0.15) is 11.9 Å². The molecule has 6 nitrogen and oxygen atoms in total. The molecular weight excluding hydrogens is 298 g/mol. The number of hydrogen-bond donors (Lipinski definition) is 1. The molecule has 2 aliphatic rings. The Morgan fingerprint density at radius 2 is 2.22 bits per heavy atom. The number of nitrogens with zero attached hydrogens (tertiary/aromatic N) is 1. The summed E-state index contributed by atoms with van der Waals surface area (Å²) in [5.41, 5.74) is 1.02. The van der Waals surface area contributed by atoms with Crippen LogP contribution in [0, 0.1) is 5.41 Å². The van der Waals surface area contributed by atoms with E-state index in [-0.39, 0.29) is 6.10 Å². The molecule has 23 heavy (non-hydrogen) atoms. The van der Waals surface area contributed by atoms with Crippen molar-refractivity contribution >= 4 is 11.7 Å². The van der Waals surface area contributed by atoms with E-state index in [1.54, 1.807) is 7.11 Å². The number of benzene rings is 1. The van der Waals surface area contributed by atoms with Crippen LogP contribution in [-0.4, -0.2) is 43.2 Å². The molecule has 0 spiro atoms. The maximum absolute atomic E-state index is 11.7. The molecule has 124 valence electrons. The van der Waals surface area contributed by atoms with Gasteiger partial charge < -0.3 is 19.4 Å². The van der Waals surface area contributed by atoms with Gasteiger partial charge in [0.25, 0.3) is 0 Å². The average Bonchev–Trinajstić information content (AvgIpc) is 3.04. The van der Waals surface area contributed by atoms with Gasteiger partial charge in [-0.05, 0) is 25.0 Å². The average molecular weight is 319 g/mol. The smallest absolute Gasteiger partial charge is 0.309 e. The third-order valence-corrected chi connectivity index (χ3v) is 4.66. The molecule has 1 aromatic rings. The zero-order valence-electron chi connectivity index (χ0n) is 13.2. The maximum Gasteiger partial charge on any atom is 0.309 e. The van der Waals surface area contributed by atoms with Crippen molar-refractivity contribution in [2.24, 2.45) is 10.6 Å². The Balaban J connectivity index is 1.67. The van der Waals surface area contributed by atoms with Crippen molar-refractivity contribution in [2.45, 2.75) is 31.8 Å². The number of aliphatic carboxylic acids is 1. The normalized spacial score (nSPS) is 23.0. The molecule has 3 rings (SSSR count). The minimum atomic E-state index is -0.765. The van der Waals surface area contributed by atoms with Gasteiger partial charge in [0.15, 0.2) is 0 Å². The number of carboxylic acids is 1. The summed E-state index contributed by atoms with van der Waals surface area (Å²) < 4.78 is 10.5. The van der Waals surface area contributed by atoms with E-state index >= 15 is 0 Å². The Hall–Kier alpha value is -2.08. The number of rotatable bonds is 5. The summed E-state index contributed by atoms with van der Waals surface area (Å²) in [6, 6.07) is 7.64. The topological polar surface area (TPSA) is 77.4 Å². The Morgan fingerprint density at radius 3 is 2.91 bits per heavy atom. The number of ether oxygens (including phenoxy) is 2. The molecule has 1 N–H and O–H groups in total. The second-order valence-corrected chi connectivity index (χ2v) is 6.10. The predicted molar refractivity (Wildman–Crippen MR) is 83.8 cm³/mol. The molecule has 0 bridgehead atoms. The number of hydrogen-bond acceptors (Lipinski definition) is 5. The van der Waals surface area contributed by atoms with Gasteiger partial charge in [-0.15, -0.1) is 0 Å². The molecule has 1 saturated heterocycles. The second kappa shape index (κ2) is 6.58. The van der Waals surface area contributed by atoms with E-state index < -0.39 is 11.4 Å². The van der Waals surface area contributed by atoms with E-state index in [0.29, 0.717) is 38.9 Å². The van der Waals surface area contributed by atoms with E-state index in [1.807, 2.05) is 24.3 Å². The largest absolute Gasteiger partial charge is 0.497 e. The van der Waals surface area contributed by atoms with Crippen LogP contribution >= 0.6 is 0 Å². The molecule has 1 fully saturated rings. The Morgan fingerprint density at radius 1 is 1.43 bits per heavy atom. The van der Waals surface area contributed by atoms with Crippen molar-refractivity contribution in [3.05, 3.63) is 29.8 Å². The zero-order chi connectivity index (χ0) is 16.3. The van der Waals surface area contributed by atoms with Crippen LogP contribution in [0.1, 0.15) is 31.2 Å². The molecule has 6 heteroatoms. The zero-order valence-corrected chi connectivity index (χ0v) is 13.2. The van der Waals surface area contributed by atoms with Crippen molar-refractivity contribution < 1.29 is 24.2 Å². The van der Waals surface area contributed by atoms with Crippen LogP contribution in [0.2, 0.25) is 0 Å². The fourth-order valence-corrected chi connectivity index (χ4v) is 3.21. The van der Waals surface area contributed by atoms with Gasteiger partial charge in [0.2, 0.25) is 0 Å². The minimum absolute atomic E-state index is 0.203. The van der Waals surface area contributed by atoms with E-state index in [1.165, 1.54) is 0 Å². The highest BCUT2D eigenvalue weighted by atomic mass is 16.6. The fourth-order valence-electron chi connectivity index (χ4n) is 3.21. The monoisotopic (exact) mass is 319 g/mol. The van der Waals surface area contributed by atoms with Gasteiger partial charge in [-0.2, -0.15) is 0 Å². The van der Waals surface area contributed by atoms with Gasteiger partial charge in [0, 0.05) is 31.6 Å². The fraction of sp³-hybridized carbons (Fsp3) is 0.529. The summed E-state index contributed by atoms with van der Waals surface area (Å²) in [5, 5.41) is 13.8. The Bertz CT molecular complexity index is 607. The predicted octanol–water partition coefficient (Wildman–Crippen LogP) is 2.46. The number of methoxy groups -OCH3 is 1. The Labute approximate surface area is 135 Å². The van der Waals surface area contributed by atoms with Crippen molar-refractivity contribution in [3.8, 4) is 5.75 Å². The molecule has 0 saturated carbocycles. The van der Waals surface area contributed by atoms with Gasteiger partial charge in [-0.25, -0.2) is 0 Å². The summed E-state index contributed by atoms with van der Waals surface area (Å²) in [4.78, 5) is 17.2. The van der Waals surface area contributed by atoms with E-state index in [2.05, 4.69) is 5.16 Å². The summed E-state index contributed by atoms with van der Waals surface area (Å²) in [7, 11) is 1.62. The lowest BCUT2D eigenvalue weighted by atomic mass is 9.75. The number of carboxylic acid groups (broad SMARTS) is 1. The molecule has 1 aromatic carbocycles. The SMILES string of the molecule is COc1cccc(C2=NOC(CC3(C(=O)O)CCOCC3)C2)c1. The molecule has 0 amide bonds. The van der Waals surface area contributed by atoms with Crippen LogP contribution < -0.4 is 4.74 Å². The van der Waals surface area contributed by atoms with Crippen LogP contribution in [-0.2, 0) is 14.4 Å². The molecule has 0 radical (unpaired) electrons. The Kier molecular flexibility index (Phi) is 4.52. The van der Waals surface area contributed by atoms with E-state index in [9.17, 15) is 9.90 Å². The molecule has 2 aliphatic heterocycles. The standard InChI is InChI=1S/C17H21NO5/c1-21-13-4-2-3-12(9-13)15-10-14(23-18-15)11-17(16(19)20)5-7-22-8-6-17/h2-4,9,14H,5-8,10-11H2,1H3,(H,19,20). The summed E-state index contributed by atoms with van der Waals surface area (Å²) >= 11 is 0. The maximum atomic E-state index is 11.7. The van der Waals surface area contributed by atoms with Crippen LogP contribution in [0.5, 0.6) is 5.75 Å². The van der Waals surface area contributed by atoms with Crippen molar-refractivity contribution in [1.82, 2.24) is 0 Å². The highest BCUT2D eigenvalue weighted by molar-refractivity contribution is 6.01. The molecule has 0 aromatic heterocycles. The molecule has 0 aliphatic carbocycles. The minimum Gasteiger partial charge on any atom is -0.497 e. The first-order chi connectivity index (χ1) is 11.1. The first-order valence-electron chi connectivity index (χ1n) is 7.81. The van der Waals surface area contributed by atoms with Crippen LogP contribution in [0.15, 0.2) is 29.4 Å². The number of carbonyl (C=O) groups is 1. The van der Waals surface area contributed by atoms with Gasteiger partial charge >= 0.3 is 5.97 Å². The first-order valence-corrected chi connectivity index (χ1v) is 7.81. The van der Waals surface area contributed by atoms with Gasteiger partial charge in [-0.3, -0.25) is 4.79 Å². The van der Waals surface area contributed by atoms with E-state index in [0.717, 1.165) is 17.0 Å². The highest BCUT2D eigenvalue weighted by Crippen LogP contribution is 2.38. The van der Waals surface area contributed by atoms with Crippen molar-refractivity contribution in [1.29, 1.82) is 0 Å². The van der Waals surface area contributed by atoms with E-state index in [4.69, 9.17) is 14.3 Å². The third-order valence-electron chi connectivity index (χ3n) is 4.66. The third kappa shape index (κ3) is 3.32. The lowest BCUT2D eigenvalue weighted by Gasteiger charge is -2.34. The van der Waals surface area contributed by atoms with Crippen LogP contribution in [0.25, 0.3) is 0 Å². The molecule has 1 atom stereocenters.